The quantitative estimate of drug-likeness (QED) is 0.431. The molecule has 29 heavy (non-hydrogen) atoms. The lowest BCUT2D eigenvalue weighted by Gasteiger charge is -2.16. The summed E-state index contributed by atoms with van der Waals surface area (Å²) in [6.07, 6.45) is -0.0461. The molecule has 0 amide bonds. The third-order valence-electron chi connectivity index (χ3n) is 5.05. The Morgan fingerprint density at radius 3 is 2.07 bits per heavy atom. The second kappa shape index (κ2) is 8.27. The molecular formula is C26H24O3. The fourth-order valence-electron chi connectivity index (χ4n) is 3.80. The molecule has 1 N–H and O–H groups in total. The van der Waals surface area contributed by atoms with Crippen LogP contribution in [0.15, 0.2) is 67.2 Å². The van der Waals surface area contributed by atoms with E-state index in [1.807, 2.05) is 24.3 Å². The van der Waals surface area contributed by atoms with Crippen molar-refractivity contribution >= 4 is 17.3 Å². The number of carbonyl (C=O) groups excluding carboxylic acids is 1. The molecule has 0 unspecified atom stereocenters. The first kappa shape index (κ1) is 20.3. The van der Waals surface area contributed by atoms with Gasteiger partial charge in [0.2, 0.25) is 0 Å². The molecule has 3 aromatic carbocycles. The summed E-state index contributed by atoms with van der Waals surface area (Å²) in [4.78, 5) is 24.2. The molecule has 0 bridgehead atoms. The van der Waals surface area contributed by atoms with Gasteiger partial charge in [-0.05, 0) is 54.2 Å². The number of carbonyl (C=O) groups is 2. The molecular weight excluding hydrogens is 360 g/mol. The minimum Gasteiger partial charge on any atom is -0.481 e. The number of carboxylic acid groups (broad SMARTS) is 1. The molecule has 0 saturated heterocycles. The second-order valence-corrected chi connectivity index (χ2v) is 7.39. The van der Waals surface area contributed by atoms with Crippen LogP contribution in [-0.4, -0.2) is 16.9 Å². The largest absolute Gasteiger partial charge is 0.481 e. The predicted molar refractivity (Wildman–Crippen MR) is 117 cm³/mol. The van der Waals surface area contributed by atoms with Crippen LogP contribution in [0.25, 0.3) is 16.7 Å². The van der Waals surface area contributed by atoms with E-state index in [9.17, 15) is 9.59 Å². The summed E-state index contributed by atoms with van der Waals surface area (Å²) in [6, 6.07) is 18.8. The Morgan fingerprint density at radius 1 is 0.897 bits per heavy atom. The molecule has 3 rings (SSSR count). The van der Waals surface area contributed by atoms with Gasteiger partial charge in [0.1, 0.15) is 0 Å². The van der Waals surface area contributed by atoms with Crippen molar-refractivity contribution in [2.45, 2.75) is 27.2 Å². The van der Waals surface area contributed by atoms with Crippen LogP contribution in [0, 0.1) is 20.8 Å². The molecule has 0 aliphatic heterocycles. The van der Waals surface area contributed by atoms with Crippen LogP contribution in [0.5, 0.6) is 0 Å². The smallest absolute Gasteiger partial charge is 0.307 e. The van der Waals surface area contributed by atoms with Crippen LogP contribution >= 0.6 is 0 Å². The fourth-order valence-corrected chi connectivity index (χ4v) is 3.80. The number of hydrogen-bond acceptors (Lipinski definition) is 2. The lowest BCUT2D eigenvalue weighted by atomic mass is 9.87. The zero-order valence-corrected chi connectivity index (χ0v) is 17.0. The van der Waals surface area contributed by atoms with Gasteiger partial charge in [-0.2, -0.15) is 0 Å². The highest BCUT2D eigenvalue weighted by Gasteiger charge is 2.19. The Bertz CT molecular complexity index is 1080. The molecule has 3 heteroatoms. The van der Waals surface area contributed by atoms with E-state index in [1.165, 1.54) is 5.56 Å². The number of Topliss-reactive ketones (excluding diaryl/α,β-unsaturated/α-hetero) is 1. The molecule has 0 atom stereocenters. The van der Waals surface area contributed by atoms with Gasteiger partial charge >= 0.3 is 5.97 Å². The second-order valence-electron chi connectivity index (χ2n) is 7.39. The Kier molecular flexibility index (Phi) is 5.79. The fraction of sp³-hybridized carbons (Fsp3) is 0.154. The van der Waals surface area contributed by atoms with Crippen molar-refractivity contribution in [1.82, 2.24) is 0 Å². The zero-order valence-electron chi connectivity index (χ0n) is 17.0. The lowest BCUT2D eigenvalue weighted by Crippen LogP contribution is -2.06. The van der Waals surface area contributed by atoms with Crippen molar-refractivity contribution in [1.29, 1.82) is 0 Å². The van der Waals surface area contributed by atoms with Crippen LogP contribution in [0.4, 0.5) is 0 Å². The first-order valence-corrected chi connectivity index (χ1v) is 9.50. The van der Waals surface area contributed by atoms with Gasteiger partial charge < -0.3 is 5.11 Å². The van der Waals surface area contributed by atoms with E-state index in [1.54, 1.807) is 24.3 Å². The number of benzene rings is 3. The molecule has 0 aliphatic rings. The summed E-state index contributed by atoms with van der Waals surface area (Å²) < 4.78 is 0. The van der Waals surface area contributed by atoms with Crippen LogP contribution in [-0.2, 0) is 11.2 Å². The van der Waals surface area contributed by atoms with Crippen molar-refractivity contribution < 1.29 is 14.7 Å². The average molecular weight is 384 g/mol. The van der Waals surface area contributed by atoms with E-state index in [0.717, 1.165) is 22.3 Å². The molecule has 0 fully saturated rings. The molecule has 0 heterocycles. The number of aliphatic carboxylic acids is 1. The summed E-state index contributed by atoms with van der Waals surface area (Å²) in [7, 11) is 0. The Labute approximate surface area is 171 Å². The van der Waals surface area contributed by atoms with Gasteiger partial charge in [-0.15, -0.1) is 0 Å². The molecule has 146 valence electrons. The van der Waals surface area contributed by atoms with E-state index in [0.29, 0.717) is 22.3 Å². The van der Waals surface area contributed by atoms with E-state index < -0.39 is 5.97 Å². The van der Waals surface area contributed by atoms with Crippen LogP contribution < -0.4 is 0 Å². The van der Waals surface area contributed by atoms with Crippen molar-refractivity contribution in [2.24, 2.45) is 0 Å². The SMILES string of the molecule is C=C(C(=O)c1ccccc1-c1c(C)cc(C)cc1C)c1ccc(CC(=O)O)cc1. The van der Waals surface area contributed by atoms with Gasteiger partial charge in [-0.1, -0.05) is 72.8 Å². The van der Waals surface area contributed by atoms with Crippen LogP contribution in [0.3, 0.4) is 0 Å². The lowest BCUT2D eigenvalue weighted by molar-refractivity contribution is -0.136. The maximum Gasteiger partial charge on any atom is 0.307 e. The number of rotatable bonds is 6. The van der Waals surface area contributed by atoms with Crippen molar-refractivity contribution in [3.8, 4) is 11.1 Å². The van der Waals surface area contributed by atoms with Crippen LogP contribution in [0.2, 0.25) is 0 Å². The maximum absolute atomic E-state index is 13.3. The molecule has 0 aliphatic carbocycles. The van der Waals surface area contributed by atoms with E-state index in [-0.39, 0.29) is 12.2 Å². The molecule has 0 radical (unpaired) electrons. The van der Waals surface area contributed by atoms with Gasteiger partial charge in [0, 0.05) is 11.1 Å². The maximum atomic E-state index is 13.3. The third-order valence-corrected chi connectivity index (χ3v) is 5.05. The van der Waals surface area contributed by atoms with Crippen molar-refractivity contribution in [3.63, 3.8) is 0 Å². The van der Waals surface area contributed by atoms with Crippen molar-refractivity contribution in [3.05, 3.63) is 101 Å². The summed E-state index contributed by atoms with van der Waals surface area (Å²) in [5.74, 6) is -1.02. The molecule has 3 nitrogen and oxygen atoms in total. The Hall–Kier alpha value is -3.46. The summed E-state index contributed by atoms with van der Waals surface area (Å²) in [6.45, 7) is 10.2. The molecule has 0 spiro atoms. The first-order valence-electron chi connectivity index (χ1n) is 9.50. The Morgan fingerprint density at radius 2 is 1.48 bits per heavy atom. The monoisotopic (exact) mass is 384 g/mol. The number of carboxylic acids is 1. The van der Waals surface area contributed by atoms with Crippen molar-refractivity contribution in [2.75, 3.05) is 0 Å². The van der Waals surface area contributed by atoms with E-state index >= 15 is 0 Å². The standard InChI is InChI=1S/C26H24O3/c1-16-13-17(2)25(18(3)14-16)22-7-5-6-8-23(22)26(29)19(4)21-11-9-20(10-12-21)15-24(27)28/h5-14H,4,15H2,1-3H3,(H,27,28). The summed E-state index contributed by atoms with van der Waals surface area (Å²) >= 11 is 0. The van der Waals surface area contributed by atoms with E-state index in [4.69, 9.17) is 5.11 Å². The average Bonchev–Trinajstić information content (AvgIpc) is 2.66. The highest BCUT2D eigenvalue weighted by Crippen LogP contribution is 2.33. The minimum atomic E-state index is -0.884. The van der Waals surface area contributed by atoms with Gasteiger partial charge in [0.25, 0.3) is 0 Å². The van der Waals surface area contributed by atoms with Gasteiger partial charge in [-0.25, -0.2) is 0 Å². The highest BCUT2D eigenvalue weighted by molar-refractivity contribution is 6.30. The highest BCUT2D eigenvalue weighted by atomic mass is 16.4. The number of aryl methyl sites for hydroxylation is 3. The summed E-state index contributed by atoms with van der Waals surface area (Å²) in [5.41, 5.74) is 7.81. The topological polar surface area (TPSA) is 54.4 Å². The normalized spacial score (nSPS) is 10.6. The predicted octanol–water partition coefficient (Wildman–Crippen LogP) is 5.80. The minimum absolute atomic E-state index is 0.0461. The summed E-state index contributed by atoms with van der Waals surface area (Å²) in [5, 5.41) is 8.91. The third kappa shape index (κ3) is 4.35. The van der Waals surface area contributed by atoms with Crippen LogP contribution in [0.1, 0.15) is 38.2 Å². The Balaban J connectivity index is 1.99. The van der Waals surface area contributed by atoms with Gasteiger partial charge in [0.15, 0.2) is 5.78 Å². The van der Waals surface area contributed by atoms with Gasteiger partial charge in [0.05, 0.1) is 6.42 Å². The number of hydrogen-bond donors (Lipinski definition) is 1. The number of ketones is 1. The van der Waals surface area contributed by atoms with E-state index in [2.05, 4.69) is 39.5 Å². The molecule has 0 saturated carbocycles. The first-order chi connectivity index (χ1) is 13.8. The molecule has 0 aromatic heterocycles. The number of allylic oxidation sites excluding steroid dienone is 1. The molecule has 3 aromatic rings. The zero-order chi connectivity index (χ0) is 21.1. The van der Waals surface area contributed by atoms with Gasteiger partial charge in [-0.3, -0.25) is 9.59 Å².